The number of carbonyl (C=O) groups is 1. The van der Waals surface area contributed by atoms with Crippen LogP contribution in [0.25, 0.3) is 0 Å². The van der Waals surface area contributed by atoms with E-state index in [1.165, 1.54) is 12.1 Å². The Balaban J connectivity index is 2.17. The molecule has 1 aliphatic carbocycles. The molecular weight excluding hydrogens is 245 g/mol. The normalized spacial score (nSPS) is 18.2. The fraction of sp³-hybridized carbons (Fsp3) is 0.467. The lowest BCUT2D eigenvalue weighted by atomic mass is 9.74. The number of halogens is 1. The number of carbonyl (C=O) groups excluding carboxylic acids is 1. The van der Waals surface area contributed by atoms with Gasteiger partial charge in [0.15, 0.2) is 5.78 Å². The Kier molecular flexibility index (Phi) is 3.96. The van der Waals surface area contributed by atoms with Gasteiger partial charge in [0, 0.05) is 19.1 Å². The summed E-state index contributed by atoms with van der Waals surface area (Å²) in [7, 11) is 1.58. The smallest absolute Gasteiger partial charge is 0.157 e. The molecule has 0 radical (unpaired) electrons. The largest absolute Gasteiger partial charge is 0.378 e. The van der Waals surface area contributed by atoms with Crippen LogP contribution in [-0.4, -0.2) is 18.5 Å². The summed E-state index contributed by atoms with van der Waals surface area (Å²) in [5, 5.41) is 9.16. The van der Waals surface area contributed by atoms with Crippen LogP contribution >= 0.6 is 0 Å². The number of rotatable bonds is 5. The zero-order valence-corrected chi connectivity index (χ0v) is 10.9. The number of benzene rings is 1. The van der Waals surface area contributed by atoms with Gasteiger partial charge in [-0.2, -0.15) is 5.26 Å². The minimum atomic E-state index is -1.05. The molecule has 0 bridgehead atoms. The molecule has 0 heterocycles. The van der Waals surface area contributed by atoms with E-state index < -0.39 is 17.3 Å². The van der Waals surface area contributed by atoms with Gasteiger partial charge in [0.05, 0.1) is 11.7 Å². The van der Waals surface area contributed by atoms with Crippen LogP contribution in [0, 0.1) is 17.1 Å². The number of nitrogens with zero attached hydrogens (tertiary/aromatic N) is 1. The van der Waals surface area contributed by atoms with E-state index in [2.05, 4.69) is 0 Å². The SMILES string of the molecule is COC1(CC(=O)C(C#N)c2ccccc2F)CCC1. The van der Waals surface area contributed by atoms with Gasteiger partial charge in [-0.3, -0.25) is 4.79 Å². The van der Waals surface area contributed by atoms with Gasteiger partial charge in [-0.1, -0.05) is 18.2 Å². The molecule has 3 nitrogen and oxygen atoms in total. The lowest BCUT2D eigenvalue weighted by Crippen LogP contribution is -2.42. The number of hydrogen-bond acceptors (Lipinski definition) is 3. The number of ether oxygens (including phenoxy) is 1. The van der Waals surface area contributed by atoms with Crippen LogP contribution < -0.4 is 0 Å². The third-order valence-electron chi connectivity index (χ3n) is 3.86. The van der Waals surface area contributed by atoms with Gasteiger partial charge in [-0.15, -0.1) is 0 Å². The monoisotopic (exact) mass is 261 g/mol. The minimum Gasteiger partial charge on any atom is -0.378 e. The first-order valence-electron chi connectivity index (χ1n) is 6.34. The third kappa shape index (κ3) is 2.66. The van der Waals surface area contributed by atoms with Crippen LogP contribution in [0.2, 0.25) is 0 Å². The molecule has 2 rings (SSSR count). The summed E-state index contributed by atoms with van der Waals surface area (Å²) in [6.45, 7) is 0. The highest BCUT2D eigenvalue weighted by atomic mass is 19.1. The van der Waals surface area contributed by atoms with E-state index in [1.807, 2.05) is 6.07 Å². The molecule has 19 heavy (non-hydrogen) atoms. The summed E-state index contributed by atoms with van der Waals surface area (Å²) in [6, 6.07) is 7.83. The summed E-state index contributed by atoms with van der Waals surface area (Å²) in [6.07, 6.45) is 2.85. The first-order valence-corrected chi connectivity index (χ1v) is 6.34. The highest BCUT2D eigenvalue weighted by molar-refractivity contribution is 5.89. The number of ketones is 1. The van der Waals surface area contributed by atoms with E-state index in [4.69, 9.17) is 10.00 Å². The fourth-order valence-electron chi connectivity index (χ4n) is 2.47. The van der Waals surface area contributed by atoms with Crippen LogP contribution in [0.3, 0.4) is 0 Å². The highest BCUT2D eigenvalue weighted by Crippen LogP contribution is 2.39. The molecule has 1 aromatic rings. The van der Waals surface area contributed by atoms with Crippen LogP contribution in [0.15, 0.2) is 24.3 Å². The van der Waals surface area contributed by atoms with Crippen molar-refractivity contribution in [2.24, 2.45) is 0 Å². The Labute approximate surface area is 112 Å². The van der Waals surface area contributed by atoms with Gasteiger partial charge < -0.3 is 4.74 Å². The molecule has 0 aromatic heterocycles. The minimum absolute atomic E-state index is 0.153. The fourth-order valence-corrected chi connectivity index (χ4v) is 2.47. The Morgan fingerprint density at radius 1 is 1.53 bits per heavy atom. The molecular formula is C15H16FNO2. The van der Waals surface area contributed by atoms with Gasteiger partial charge in [0.25, 0.3) is 0 Å². The molecule has 0 saturated heterocycles. The molecule has 0 N–H and O–H groups in total. The second-order valence-electron chi connectivity index (χ2n) is 4.97. The number of hydrogen-bond donors (Lipinski definition) is 0. The van der Waals surface area contributed by atoms with Crippen LogP contribution in [0.5, 0.6) is 0 Å². The highest BCUT2D eigenvalue weighted by Gasteiger charge is 2.41. The van der Waals surface area contributed by atoms with Crippen molar-refractivity contribution in [3.8, 4) is 6.07 Å². The zero-order valence-electron chi connectivity index (χ0n) is 10.9. The molecule has 1 unspecified atom stereocenters. The number of methoxy groups -OCH3 is 1. The van der Waals surface area contributed by atoms with Crippen LogP contribution in [0.4, 0.5) is 4.39 Å². The van der Waals surface area contributed by atoms with Gasteiger partial charge in [-0.25, -0.2) is 4.39 Å². The Hall–Kier alpha value is -1.73. The second kappa shape index (κ2) is 5.50. The Morgan fingerprint density at radius 3 is 2.68 bits per heavy atom. The molecule has 1 aromatic carbocycles. The number of nitriles is 1. The van der Waals surface area contributed by atoms with Crippen molar-refractivity contribution in [3.05, 3.63) is 35.6 Å². The average Bonchev–Trinajstić information content (AvgIpc) is 2.37. The lowest BCUT2D eigenvalue weighted by Gasteiger charge is -2.40. The van der Waals surface area contributed by atoms with Gasteiger partial charge in [0.2, 0.25) is 0 Å². The molecule has 1 atom stereocenters. The maximum absolute atomic E-state index is 13.7. The average molecular weight is 261 g/mol. The van der Waals surface area contributed by atoms with Gasteiger partial charge in [0.1, 0.15) is 11.7 Å². The van der Waals surface area contributed by atoms with Crippen LogP contribution in [-0.2, 0) is 9.53 Å². The van der Waals surface area contributed by atoms with E-state index in [-0.39, 0.29) is 17.8 Å². The zero-order chi connectivity index (χ0) is 13.9. The van der Waals surface area contributed by atoms with E-state index in [1.54, 1.807) is 19.2 Å². The molecule has 1 saturated carbocycles. The molecule has 4 heteroatoms. The summed E-state index contributed by atoms with van der Waals surface area (Å²) in [4.78, 5) is 12.2. The van der Waals surface area contributed by atoms with Crippen molar-refractivity contribution in [3.63, 3.8) is 0 Å². The Bertz CT molecular complexity index is 512. The quantitative estimate of drug-likeness (QED) is 0.818. The van der Waals surface area contributed by atoms with E-state index >= 15 is 0 Å². The lowest BCUT2D eigenvalue weighted by molar-refractivity contribution is -0.132. The van der Waals surface area contributed by atoms with E-state index in [0.717, 1.165) is 19.3 Å². The second-order valence-corrected chi connectivity index (χ2v) is 4.97. The topological polar surface area (TPSA) is 50.1 Å². The van der Waals surface area contributed by atoms with Crippen molar-refractivity contribution in [2.75, 3.05) is 7.11 Å². The van der Waals surface area contributed by atoms with Crippen molar-refractivity contribution in [2.45, 2.75) is 37.2 Å². The number of Topliss-reactive ketones (excluding diaryl/α,β-unsaturated/α-hetero) is 1. The summed E-state index contributed by atoms with van der Waals surface area (Å²) < 4.78 is 19.0. The summed E-state index contributed by atoms with van der Waals surface area (Å²) >= 11 is 0. The summed E-state index contributed by atoms with van der Waals surface area (Å²) in [5.74, 6) is -1.83. The van der Waals surface area contributed by atoms with Crippen LogP contribution in [0.1, 0.15) is 37.2 Å². The maximum atomic E-state index is 13.7. The van der Waals surface area contributed by atoms with Crippen molar-refractivity contribution in [1.82, 2.24) is 0 Å². The van der Waals surface area contributed by atoms with Crippen molar-refractivity contribution < 1.29 is 13.9 Å². The van der Waals surface area contributed by atoms with Crippen molar-refractivity contribution in [1.29, 1.82) is 5.26 Å². The summed E-state index contributed by atoms with van der Waals surface area (Å²) in [5.41, 5.74) is -0.280. The first kappa shape index (κ1) is 13.7. The van der Waals surface area contributed by atoms with Gasteiger partial charge >= 0.3 is 0 Å². The standard InChI is InChI=1S/C15H16FNO2/c1-19-15(7-4-8-15)9-14(18)12(10-17)11-5-2-3-6-13(11)16/h2-3,5-6,12H,4,7-9H2,1H3. The predicted octanol–water partition coefficient (Wildman–Crippen LogP) is 2.96. The predicted molar refractivity (Wildman–Crippen MR) is 68.0 cm³/mol. The molecule has 100 valence electrons. The first-order chi connectivity index (χ1) is 9.12. The molecule has 0 aliphatic heterocycles. The molecule has 1 fully saturated rings. The molecule has 1 aliphatic rings. The van der Waals surface area contributed by atoms with E-state index in [9.17, 15) is 9.18 Å². The Morgan fingerprint density at radius 2 is 2.21 bits per heavy atom. The molecule has 0 spiro atoms. The maximum Gasteiger partial charge on any atom is 0.157 e. The molecule has 0 amide bonds. The third-order valence-corrected chi connectivity index (χ3v) is 3.86. The van der Waals surface area contributed by atoms with Gasteiger partial charge in [-0.05, 0) is 25.3 Å². The van der Waals surface area contributed by atoms with E-state index in [0.29, 0.717) is 0 Å². The van der Waals surface area contributed by atoms with Crippen molar-refractivity contribution >= 4 is 5.78 Å².